The zero-order chi connectivity index (χ0) is 17.0. The molecule has 0 radical (unpaired) electrons. The summed E-state index contributed by atoms with van der Waals surface area (Å²) < 4.78 is 11.0. The minimum absolute atomic E-state index is 0.0794. The molecule has 0 fully saturated rings. The van der Waals surface area contributed by atoms with Gasteiger partial charge in [-0.15, -0.1) is 0 Å². The minimum atomic E-state index is -0.744. The van der Waals surface area contributed by atoms with Gasteiger partial charge in [-0.1, -0.05) is 32.4 Å². The number of amides is 1. The third-order valence-electron chi connectivity index (χ3n) is 3.86. The number of oxazole rings is 1. The highest BCUT2D eigenvalue weighted by molar-refractivity contribution is 5.85. The van der Waals surface area contributed by atoms with E-state index >= 15 is 0 Å². The third-order valence-corrected chi connectivity index (χ3v) is 3.86. The number of nitrogens with zero attached hydrogens (tertiary/aromatic N) is 1. The number of hydrogen-bond donors (Lipinski definition) is 1. The van der Waals surface area contributed by atoms with E-state index in [0.717, 1.165) is 0 Å². The molecule has 23 heavy (non-hydrogen) atoms. The first kappa shape index (κ1) is 16.8. The van der Waals surface area contributed by atoms with Crippen molar-refractivity contribution in [3.8, 4) is 0 Å². The molecule has 1 heterocycles. The van der Waals surface area contributed by atoms with Crippen LogP contribution in [0.5, 0.6) is 0 Å². The van der Waals surface area contributed by atoms with E-state index in [1.165, 1.54) is 11.7 Å². The quantitative estimate of drug-likeness (QED) is 0.810. The van der Waals surface area contributed by atoms with Crippen LogP contribution in [0.3, 0.4) is 0 Å². The van der Waals surface area contributed by atoms with Crippen molar-refractivity contribution in [1.29, 1.82) is 0 Å². The van der Waals surface area contributed by atoms with Gasteiger partial charge in [-0.3, -0.25) is 9.36 Å². The number of methoxy groups -OCH3 is 1. The van der Waals surface area contributed by atoms with E-state index < -0.39 is 23.7 Å². The van der Waals surface area contributed by atoms with Gasteiger partial charge in [0.2, 0.25) is 5.91 Å². The van der Waals surface area contributed by atoms with Crippen LogP contribution in [0, 0.1) is 5.92 Å². The van der Waals surface area contributed by atoms with Gasteiger partial charge in [-0.05, 0) is 18.1 Å². The van der Waals surface area contributed by atoms with Crippen LogP contribution in [0.15, 0.2) is 33.5 Å². The lowest BCUT2D eigenvalue weighted by Gasteiger charge is -2.21. The molecule has 7 heteroatoms. The summed E-state index contributed by atoms with van der Waals surface area (Å²) in [4.78, 5) is 35.9. The average Bonchev–Trinajstić information content (AvgIpc) is 2.87. The molecule has 2 rings (SSSR count). The van der Waals surface area contributed by atoms with E-state index in [9.17, 15) is 14.4 Å². The number of hydrogen-bond acceptors (Lipinski definition) is 5. The molecule has 0 aliphatic heterocycles. The predicted molar refractivity (Wildman–Crippen MR) is 83.9 cm³/mol. The number of carbonyl (C=O) groups is 2. The van der Waals surface area contributed by atoms with Crippen LogP contribution >= 0.6 is 0 Å². The average molecular weight is 320 g/mol. The summed E-state index contributed by atoms with van der Waals surface area (Å²) in [5.41, 5.74) is 0.947. The molecule has 2 atom stereocenters. The summed E-state index contributed by atoms with van der Waals surface area (Å²) in [5.74, 6) is -1.64. The number of nitrogens with one attached hydrogen (secondary N) is 1. The molecule has 0 aliphatic rings. The summed E-state index contributed by atoms with van der Waals surface area (Å²) in [6.45, 7) is 3.54. The SMILES string of the molecule is CC[C@H](C)[C@@H](NC(=O)Cn1c(=O)oc2ccccc21)C(=O)OC. The van der Waals surface area contributed by atoms with Crippen molar-refractivity contribution in [2.75, 3.05) is 7.11 Å². The van der Waals surface area contributed by atoms with Crippen molar-refractivity contribution in [1.82, 2.24) is 9.88 Å². The maximum atomic E-state index is 12.2. The fourth-order valence-electron chi connectivity index (χ4n) is 2.32. The van der Waals surface area contributed by atoms with Crippen LogP contribution < -0.4 is 11.1 Å². The Morgan fingerprint density at radius 3 is 2.70 bits per heavy atom. The summed E-state index contributed by atoms with van der Waals surface area (Å²) in [7, 11) is 1.28. The molecule has 7 nitrogen and oxygen atoms in total. The molecule has 0 unspecified atom stereocenters. The molecule has 2 aromatic rings. The lowest BCUT2D eigenvalue weighted by molar-refractivity contribution is -0.146. The van der Waals surface area contributed by atoms with Gasteiger partial charge in [0.1, 0.15) is 12.6 Å². The van der Waals surface area contributed by atoms with Crippen molar-refractivity contribution in [3.63, 3.8) is 0 Å². The van der Waals surface area contributed by atoms with Crippen molar-refractivity contribution >= 4 is 23.0 Å². The summed E-state index contributed by atoms with van der Waals surface area (Å²) in [6.07, 6.45) is 0.703. The van der Waals surface area contributed by atoms with E-state index in [1.54, 1.807) is 24.3 Å². The van der Waals surface area contributed by atoms with Crippen LogP contribution in [-0.2, 0) is 20.9 Å². The summed E-state index contributed by atoms with van der Waals surface area (Å²) >= 11 is 0. The Balaban J connectivity index is 2.18. The zero-order valence-corrected chi connectivity index (χ0v) is 13.4. The lowest BCUT2D eigenvalue weighted by atomic mass is 9.99. The highest BCUT2D eigenvalue weighted by Gasteiger charge is 2.27. The first-order valence-corrected chi connectivity index (χ1v) is 7.43. The van der Waals surface area contributed by atoms with E-state index in [1.807, 2.05) is 13.8 Å². The normalized spacial score (nSPS) is 13.5. The van der Waals surface area contributed by atoms with E-state index in [-0.39, 0.29) is 12.5 Å². The number of fused-ring (bicyclic) bond motifs is 1. The fraction of sp³-hybridized carbons (Fsp3) is 0.438. The fourth-order valence-corrected chi connectivity index (χ4v) is 2.32. The predicted octanol–water partition coefficient (Wildman–Crippen LogP) is 1.30. The molecular formula is C16H20N2O5. The lowest BCUT2D eigenvalue weighted by Crippen LogP contribution is -2.47. The zero-order valence-electron chi connectivity index (χ0n) is 13.4. The number of esters is 1. The van der Waals surface area contributed by atoms with Gasteiger partial charge in [-0.25, -0.2) is 9.59 Å². The minimum Gasteiger partial charge on any atom is -0.467 e. The molecule has 1 aromatic carbocycles. The standard InChI is InChI=1S/C16H20N2O5/c1-4-10(2)14(15(20)22-3)17-13(19)9-18-11-7-5-6-8-12(11)23-16(18)21/h5-8,10,14H,4,9H2,1-3H3,(H,17,19)/t10-,14+/m0/s1. The first-order valence-electron chi connectivity index (χ1n) is 7.43. The Hall–Kier alpha value is -2.57. The molecule has 124 valence electrons. The highest BCUT2D eigenvalue weighted by Crippen LogP contribution is 2.12. The number of benzene rings is 1. The van der Waals surface area contributed by atoms with Gasteiger partial charge in [0, 0.05) is 0 Å². The van der Waals surface area contributed by atoms with Crippen LogP contribution in [0.4, 0.5) is 0 Å². The van der Waals surface area contributed by atoms with Crippen molar-refractivity contribution in [2.45, 2.75) is 32.9 Å². The maximum absolute atomic E-state index is 12.2. The van der Waals surface area contributed by atoms with Gasteiger partial charge >= 0.3 is 11.7 Å². The molecule has 0 bridgehead atoms. The third kappa shape index (κ3) is 3.61. The Bertz CT molecular complexity index is 761. The smallest absolute Gasteiger partial charge is 0.420 e. The molecule has 0 spiro atoms. The molecule has 1 amide bonds. The Labute approximate surface area is 133 Å². The van der Waals surface area contributed by atoms with Crippen LogP contribution in [0.25, 0.3) is 11.1 Å². The number of aromatic nitrogens is 1. The number of carbonyl (C=O) groups excluding carboxylic acids is 2. The van der Waals surface area contributed by atoms with Crippen molar-refractivity contribution in [3.05, 3.63) is 34.8 Å². The van der Waals surface area contributed by atoms with Gasteiger partial charge < -0.3 is 14.5 Å². The van der Waals surface area contributed by atoms with Gasteiger partial charge in [0.25, 0.3) is 0 Å². The van der Waals surface area contributed by atoms with E-state index in [2.05, 4.69) is 5.32 Å². The molecule has 1 aromatic heterocycles. The van der Waals surface area contributed by atoms with Crippen LogP contribution in [0.1, 0.15) is 20.3 Å². The summed E-state index contributed by atoms with van der Waals surface area (Å²) in [5, 5.41) is 2.63. The molecular weight excluding hydrogens is 300 g/mol. The van der Waals surface area contributed by atoms with E-state index in [0.29, 0.717) is 17.5 Å². The van der Waals surface area contributed by atoms with Gasteiger partial charge in [-0.2, -0.15) is 0 Å². The number of ether oxygens (including phenoxy) is 1. The molecule has 0 saturated heterocycles. The first-order chi connectivity index (χ1) is 11.0. The highest BCUT2D eigenvalue weighted by atomic mass is 16.5. The molecule has 0 saturated carbocycles. The van der Waals surface area contributed by atoms with Gasteiger partial charge in [0.15, 0.2) is 5.58 Å². The van der Waals surface area contributed by atoms with Crippen LogP contribution in [-0.4, -0.2) is 29.6 Å². The largest absolute Gasteiger partial charge is 0.467 e. The van der Waals surface area contributed by atoms with Crippen LogP contribution in [0.2, 0.25) is 0 Å². The van der Waals surface area contributed by atoms with E-state index in [4.69, 9.17) is 9.15 Å². The molecule has 0 aliphatic carbocycles. The maximum Gasteiger partial charge on any atom is 0.420 e. The molecule has 1 N–H and O–H groups in total. The number of para-hydroxylation sites is 2. The second-order valence-electron chi connectivity index (χ2n) is 5.38. The van der Waals surface area contributed by atoms with Crippen molar-refractivity contribution < 1.29 is 18.7 Å². The van der Waals surface area contributed by atoms with Gasteiger partial charge in [0.05, 0.1) is 12.6 Å². The Morgan fingerprint density at radius 1 is 1.35 bits per heavy atom. The monoisotopic (exact) mass is 320 g/mol. The second kappa shape index (κ2) is 7.13. The van der Waals surface area contributed by atoms with Crippen molar-refractivity contribution in [2.24, 2.45) is 5.92 Å². The Kier molecular flexibility index (Phi) is 5.20. The topological polar surface area (TPSA) is 90.5 Å². The second-order valence-corrected chi connectivity index (χ2v) is 5.38. The summed E-state index contributed by atoms with van der Waals surface area (Å²) in [6, 6.07) is 6.10. The Morgan fingerprint density at radius 2 is 2.04 bits per heavy atom. The number of rotatable bonds is 6.